The Bertz CT molecular complexity index is 354. The van der Waals surface area contributed by atoms with E-state index in [2.05, 4.69) is 11.4 Å². The molecule has 0 saturated heterocycles. The summed E-state index contributed by atoms with van der Waals surface area (Å²) in [6.45, 7) is 2.80. The van der Waals surface area contributed by atoms with Crippen LogP contribution in [0, 0.1) is 6.92 Å². The molecule has 2 rings (SSSR count). The summed E-state index contributed by atoms with van der Waals surface area (Å²) in [5, 5.41) is 3.26. The molecule has 2 heterocycles. The third kappa shape index (κ3) is 2.07. The van der Waals surface area contributed by atoms with Crippen LogP contribution in [-0.2, 0) is 4.74 Å². The highest BCUT2D eigenvalue weighted by Gasteiger charge is 2.21. The zero-order valence-corrected chi connectivity index (χ0v) is 9.25. The van der Waals surface area contributed by atoms with Gasteiger partial charge in [0, 0.05) is 5.56 Å². The van der Waals surface area contributed by atoms with E-state index in [1.54, 1.807) is 6.26 Å². The minimum atomic E-state index is 0.129. The van der Waals surface area contributed by atoms with Crippen LogP contribution in [0.5, 0.6) is 0 Å². The molecule has 0 saturated carbocycles. The summed E-state index contributed by atoms with van der Waals surface area (Å²) in [6.07, 6.45) is 6.10. The minimum absolute atomic E-state index is 0.129. The van der Waals surface area contributed by atoms with Gasteiger partial charge in [0.05, 0.1) is 18.9 Å². The first-order chi connectivity index (χ1) is 7.33. The Balaban J connectivity index is 2.24. The Morgan fingerprint density at radius 2 is 2.33 bits per heavy atom. The molecular formula is C12H17NO2. The fourth-order valence-electron chi connectivity index (χ4n) is 1.92. The monoisotopic (exact) mass is 207 g/mol. The number of likely N-dealkylation sites (N-methyl/N-ethyl adjacent to an activating group) is 1. The maximum absolute atomic E-state index is 5.67. The van der Waals surface area contributed by atoms with Gasteiger partial charge in [-0.05, 0) is 39.0 Å². The Morgan fingerprint density at radius 3 is 2.87 bits per heavy atom. The van der Waals surface area contributed by atoms with E-state index < -0.39 is 0 Å². The highest BCUT2D eigenvalue weighted by atomic mass is 16.5. The van der Waals surface area contributed by atoms with Gasteiger partial charge in [-0.2, -0.15) is 0 Å². The molecule has 1 aliphatic heterocycles. The van der Waals surface area contributed by atoms with E-state index in [0.717, 1.165) is 36.5 Å². The van der Waals surface area contributed by atoms with Crippen molar-refractivity contribution in [2.24, 2.45) is 0 Å². The molecule has 1 N–H and O–H groups in total. The van der Waals surface area contributed by atoms with E-state index in [1.807, 2.05) is 20.0 Å². The smallest absolute Gasteiger partial charge is 0.114 e. The Labute approximate surface area is 90.1 Å². The van der Waals surface area contributed by atoms with Gasteiger partial charge in [-0.1, -0.05) is 0 Å². The number of furan rings is 1. The zero-order chi connectivity index (χ0) is 10.7. The summed E-state index contributed by atoms with van der Waals surface area (Å²) < 4.78 is 11.0. The summed E-state index contributed by atoms with van der Waals surface area (Å²) in [5.74, 6) is 1.97. The lowest BCUT2D eigenvalue weighted by atomic mass is 10.0. The van der Waals surface area contributed by atoms with Crippen LogP contribution in [0.2, 0.25) is 0 Å². The molecule has 1 aliphatic rings. The summed E-state index contributed by atoms with van der Waals surface area (Å²) in [5.41, 5.74) is 1.16. The van der Waals surface area contributed by atoms with Crippen LogP contribution >= 0.6 is 0 Å². The average molecular weight is 207 g/mol. The molecule has 0 aromatic carbocycles. The molecule has 3 nitrogen and oxygen atoms in total. The van der Waals surface area contributed by atoms with Gasteiger partial charge in [-0.15, -0.1) is 0 Å². The highest BCUT2D eigenvalue weighted by Crippen LogP contribution is 2.28. The van der Waals surface area contributed by atoms with E-state index in [0.29, 0.717) is 0 Å². The minimum Gasteiger partial charge on any atom is -0.496 e. The second kappa shape index (κ2) is 4.53. The number of allylic oxidation sites excluding steroid dienone is 1. The summed E-state index contributed by atoms with van der Waals surface area (Å²) in [7, 11) is 1.94. The number of hydrogen-bond donors (Lipinski definition) is 1. The Kier molecular flexibility index (Phi) is 3.11. The Morgan fingerprint density at radius 1 is 1.47 bits per heavy atom. The van der Waals surface area contributed by atoms with Gasteiger partial charge in [0.2, 0.25) is 0 Å². The average Bonchev–Trinajstić information content (AvgIpc) is 2.68. The highest BCUT2D eigenvalue weighted by molar-refractivity contribution is 5.27. The van der Waals surface area contributed by atoms with Crippen LogP contribution in [0.25, 0.3) is 0 Å². The van der Waals surface area contributed by atoms with Crippen molar-refractivity contribution in [3.05, 3.63) is 35.5 Å². The number of rotatable bonds is 3. The molecule has 0 spiro atoms. The fourth-order valence-corrected chi connectivity index (χ4v) is 1.92. The third-order valence-electron chi connectivity index (χ3n) is 2.75. The molecule has 3 heteroatoms. The second-order valence-electron chi connectivity index (χ2n) is 3.75. The molecule has 0 fully saturated rings. The lowest BCUT2D eigenvalue weighted by Crippen LogP contribution is -2.22. The van der Waals surface area contributed by atoms with Crippen molar-refractivity contribution in [1.82, 2.24) is 5.32 Å². The van der Waals surface area contributed by atoms with Crippen LogP contribution in [0.3, 0.4) is 0 Å². The van der Waals surface area contributed by atoms with Gasteiger partial charge in [0.25, 0.3) is 0 Å². The Hall–Kier alpha value is -1.22. The number of ether oxygens (including phenoxy) is 1. The summed E-state index contributed by atoms with van der Waals surface area (Å²) >= 11 is 0. The molecule has 82 valence electrons. The van der Waals surface area contributed by atoms with Gasteiger partial charge in [-0.25, -0.2) is 0 Å². The van der Waals surface area contributed by atoms with E-state index in [1.165, 1.54) is 0 Å². The first-order valence-electron chi connectivity index (χ1n) is 5.37. The van der Waals surface area contributed by atoms with Crippen molar-refractivity contribution in [1.29, 1.82) is 0 Å². The molecule has 0 amide bonds. The normalized spacial score (nSPS) is 18.1. The molecule has 1 atom stereocenters. The lowest BCUT2D eigenvalue weighted by molar-refractivity contribution is 0.169. The van der Waals surface area contributed by atoms with Crippen LogP contribution in [0.15, 0.2) is 28.6 Å². The second-order valence-corrected chi connectivity index (χ2v) is 3.75. The van der Waals surface area contributed by atoms with E-state index in [4.69, 9.17) is 9.15 Å². The van der Waals surface area contributed by atoms with Crippen molar-refractivity contribution in [2.75, 3.05) is 13.7 Å². The van der Waals surface area contributed by atoms with Crippen LogP contribution < -0.4 is 5.32 Å². The molecule has 0 bridgehead atoms. The van der Waals surface area contributed by atoms with Gasteiger partial charge in [0.1, 0.15) is 11.5 Å². The van der Waals surface area contributed by atoms with Crippen molar-refractivity contribution < 1.29 is 9.15 Å². The maximum Gasteiger partial charge on any atom is 0.114 e. The van der Waals surface area contributed by atoms with Crippen LogP contribution in [0.1, 0.15) is 30.2 Å². The van der Waals surface area contributed by atoms with Gasteiger partial charge < -0.3 is 14.5 Å². The third-order valence-corrected chi connectivity index (χ3v) is 2.75. The van der Waals surface area contributed by atoms with E-state index in [9.17, 15) is 0 Å². The quantitative estimate of drug-likeness (QED) is 0.827. The zero-order valence-electron chi connectivity index (χ0n) is 9.25. The molecule has 0 radical (unpaired) electrons. The van der Waals surface area contributed by atoms with Crippen LogP contribution in [0.4, 0.5) is 0 Å². The van der Waals surface area contributed by atoms with Gasteiger partial charge in [-0.3, -0.25) is 0 Å². The molecule has 1 unspecified atom stereocenters. The lowest BCUT2D eigenvalue weighted by Gasteiger charge is -2.23. The first kappa shape index (κ1) is 10.3. The van der Waals surface area contributed by atoms with Gasteiger partial charge >= 0.3 is 0 Å². The first-order valence-corrected chi connectivity index (χ1v) is 5.37. The molecular weight excluding hydrogens is 190 g/mol. The van der Waals surface area contributed by atoms with Crippen molar-refractivity contribution in [2.45, 2.75) is 25.8 Å². The topological polar surface area (TPSA) is 34.4 Å². The summed E-state index contributed by atoms with van der Waals surface area (Å²) in [4.78, 5) is 0. The molecule has 1 aromatic rings. The van der Waals surface area contributed by atoms with Gasteiger partial charge in [0.15, 0.2) is 0 Å². The summed E-state index contributed by atoms with van der Waals surface area (Å²) in [6, 6.07) is 2.12. The van der Waals surface area contributed by atoms with Crippen molar-refractivity contribution >= 4 is 0 Å². The largest absolute Gasteiger partial charge is 0.496 e. The molecule has 1 aromatic heterocycles. The van der Waals surface area contributed by atoms with E-state index >= 15 is 0 Å². The maximum atomic E-state index is 5.67. The van der Waals surface area contributed by atoms with Crippen molar-refractivity contribution in [3.8, 4) is 0 Å². The number of nitrogens with one attached hydrogen (secondary N) is 1. The fraction of sp³-hybridized carbons (Fsp3) is 0.500. The van der Waals surface area contributed by atoms with Crippen molar-refractivity contribution in [3.63, 3.8) is 0 Å². The predicted molar refractivity (Wildman–Crippen MR) is 58.5 cm³/mol. The standard InChI is InChI=1S/C12H17NO2/c1-9-10(6-8-14-9)12(13-2)11-5-3-4-7-15-11/h5-6,8,12-13H,3-4,7H2,1-2H3. The predicted octanol–water partition coefficient (Wildman–Crippen LogP) is 2.54. The molecule has 0 aliphatic carbocycles. The number of hydrogen-bond acceptors (Lipinski definition) is 3. The van der Waals surface area contributed by atoms with Crippen LogP contribution in [-0.4, -0.2) is 13.7 Å². The molecule has 15 heavy (non-hydrogen) atoms. The SMILES string of the molecule is CNC(C1=CCCCO1)c1ccoc1C. The number of aryl methyl sites for hydroxylation is 1. The van der Waals surface area contributed by atoms with E-state index in [-0.39, 0.29) is 6.04 Å².